The monoisotopic (exact) mass is 395 g/mol. The zero-order valence-electron chi connectivity index (χ0n) is 16.4. The Morgan fingerprint density at radius 1 is 1.00 bits per heavy atom. The van der Waals surface area contributed by atoms with Crippen LogP contribution in [0.15, 0.2) is 79.1 Å². The fraction of sp³-hybridized carbons (Fsp3) is 0.167. The van der Waals surface area contributed by atoms with Crippen molar-refractivity contribution < 1.29 is 4.79 Å². The number of rotatable bonds is 5. The second kappa shape index (κ2) is 7.91. The summed E-state index contributed by atoms with van der Waals surface area (Å²) in [5, 5.41) is 11.7. The molecule has 1 aliphatic carbocycles. The van der Waals surface area contributed by atoms with Crippen LogP contribution in [0.4, 0.5) is 0 Å². The van der Waals surface area contributed by atoms with Crippen molar-refractivity contribution in [3.05, 3.63) is 102 Å². The number of amides is 1. The quantitative estimate of drug-likeness (QED) is 0.558. The SMILES string of the molecule is O=C(N[C@H]1CCc2ccccc21)c1nnn(Cc2ccccc2)c1-c1ccncc1. The van der Waals surface area contributed by atoms with Crippen LogP contribution >= 0.6 is 0 Å². The largest absolute Gasteiger partial charge is 0.344 e. The van der Waals surface area contributed by atoms with E-state index in [1.807, 2.05) is 54.6 Å². The van der Waals surface area contributed by atoms with Gasteiger partial charge in [0.15, 0.2) is 5.69 Å². The van der Waals surface area contributed by atoms with Crippen molar-refractivity contribution in [1.82, 2.24) is 25.3 Å². The van der Waals surface area contributed by atoms with Crippen LogP contribution < -0.4 is 5.32 Å². The van der Waals surface area contributed by atoms with Crippen LogP contribution in [-0.4, -0.2) is 25.9 Å². The number of carbonyl (C=O) groups is 1. The Kier molecular flexibility index (Phi) is 4.81. The molecule has 1 amide bonds. The van der Waals surface area contributed by atoms with Gasteiger partial charge in [-0.15, -0.1) is 5.10 Å². The van der Waals surface area contributed by atoms with E-state index in [4.69, 9.17) is 0 Å². The smallest absolute Gasteiger partial charge is 0.274 e. The van der Waals surface area contributed by atoms with Crippen molar-refractivity contribution in [2.45, 2.75) is 25.4 Å². The molecule has 6 nitrogen and oxygen atoms in total. The van der Waals surface area contributed by atoms with Gasteiger partial charge in [-0.25, -0.2) is 4.68 Å². The van der Waals surface area contributed by atoms with Gasteiger partial charge in [0.05, 0.1) is 12.6 Å². The van der Waals surface area contributed by atoms with Crippen molar-refractivity contribution >= 4 is 5.91 Å². The lowest BCUT2D eigenvalue weighted by Gasteiger charge is -2.14. The first kappa shape index (κ1) is 18.2. The first-order chi connectivity index (χ1) is 14.8. The maximum Gasteiger partial charge on any atom is 0.274 e. The van der Waals surface area contributed by atoms with E-state index in [1.165, 1.54) is 11.1 Å². The zero-order valence-corrected chi connectivity index (χ0v) is 16.4. The maximum atomic E-state index is 13.2. The summed E-state index contributed by atoms with van der Waals surface area (Å²) in [5.74, 6) is -0.206. The van der Waals surface area contributed by atoms with Gasteiger partial charge in [0.25, 0.3) is 5.91 Å². The third-order valence-electron chi connectivity index (χ3n) is 5.52. The lowest BCUT2D eigenvalue weighted by atomic mass is 10.1. The van der Waals surface area contributed by atoms with Crippen molar-refractivity contribution in [2.75, 3.05) is 0 Å². The minimum atomic E-state index is -0.206. The number of pyridine rings is 1. The minimum absolute atomic E-state index is 0.00161. The standard InChI is InChI=1S/C24H21N5O/c30-24(26-21-11-10-18-8-4-5-9-20(18)21)22-23(19-12-14-25-15-13-19)29(28-27-22)16-17-6-2-1-3-7-17/h1-9,12-15,21H,10-11,16H2,(H,26,30)/t21-/m0/s1. The summed E-state index contributed by atoms with van der Waals surface area (Å²) < 4.78 is 1.78. The van der Waals surface area contributed by atoms with E-state index in [0.717, 1.165) is 24.0 Å². The lowest BCUT2D eigenvalue weighted by Crippen LogP contribution is -2.28. The van der Waals surface area contributed by atoms with Crippen LogP contribution in [0.1, 0.15) is 39.6 Å². The van der Waals surface area contributed by atoms with Crippen LogP contribution in [0.2, 0.25) is 0 Å². The zero-order chi connectivity index (χ0) is 20.3. The lowest BCUT2D eigenvalue weighted by molar-refractivity contribution is 0.0932. The molecule has 1 atom stereocenters. The van der Waals surface area contributed by atoms with Crippen molar-refractivity contribution in [3.8, 4) is 11.3 Å². The van der Waals surface area contributed by atoms with Gasteiger partial charge >= 0.3 is 0 Å². The van der Waals surface area contributed by atoms with Crippen molar-refractivity contribution in [2.24, 2.45) is 0 Å². The summed E-state index contributed by atoms with van der Waals surface area (Å²) in [5.41, 5.74) is 5.47. The molecule has 0 saturated heterocycles. The molecule has 2 aromatic carbocycles. The molecular formula is C24H21N5O. The third-order valence-corrected chi connectivity index (χ3v) is 5.52. The van der Waals surface area contributed by atoms with Crippen LogP contribution in [0.3, 0.4) is 0 Å². The van der Waals surface area contributed by atoms with Gasteiger partial charge in [-0.1, -0.05) is 59.8 Å². The van der Waals surface area contributed by atoms with E-state index >= 15 is 0 Å². The number of hydrogen-bond donors (Lipinski definition) is 1. The molecule has 148 valence electrons. The number of benzene rings is 2. The Bertz CT molecular complexity index is 1170. The molecule has 1 N–H and O–H groups in total. The molecule has 30 heavy (non-hydrogen) atoms. The molecule has 0 radical (unpaired) electrons. The summed E-state index contributed by atoms with van der Waals surface area (Å²) in [6.45, 7) is 0.533. The molecule has 2 aromatic heterocycles. The van der Waals surface area contributed by atoms with Crippen LogP contribution in [-0.2, 0) is 13.0 Å². The Morgan fingerprint density at radius 3 is 2.60 bits per heavy atom. The number of hydrogen-bond acceptors (Lipinski definition) is 4. The fourth-order valence-corrected chi connectivity index (χ4v) is 4.06. The highest BCUT2D eigenvalue weighted by molar-refractivity contribution is 5.98. The average molecular weight is 395 g/mol. The second-order valence-corrected chi connectivity index (χ2v) is 7.43. The van der Waals surface area contributed by atoms with Gasteiger partial charge in [0, 0.05) is 18.0 Å². The normalized spacial score (nSPS) is 15.0. The van der Waals surface area contributed by atoms with Gasteiger partial charge in [-0.2, -0.15) is 0 Å². The molecule has 4 aromatic rings. The third kappa shape index (κ3) is 3.48. The molecule has 0 aliphatic heterocycles. The van der Waals surface area contributed by atoms with Gasteiger partial charge in [-0.3, -0.25) is 9.78 Å². The molecular weight excluding hydrogens is 374 g/mol. The number of aromatic nitrogens is 4. The number of aryl methyl sites for hydroxylation is 1. The van der Waals surface area contributed by atoms with Crippen LogP contribution in [0.5, 0.6) is 0 Å². The van der Waals surface area contributed by atoms with E-state index in [0.29, 0.717) is 17.9 Å². The molecule has 0 saturated carbocycles. The molecule has 0 bridgehead atoms. The fourth-order valence-electron chi connectivity index (χ4n) is 4.06. The first-order valence-corrected chi connectivity index (χ1v) is 10.1. The molecule has 0 fully saturated rings. The van der Waals surface area contributed by atoms with E-state index in [2.05, 4.69) is 32.7 Å². The Morgan fingerprint density at radius 2 is 1.77 bits per heavy atom. The van der Waals surface area contributed by atoms with Gasteiger partial charge in [-0.05, 0) is 41.7 Å². The highest BCUT2D eigenvalue weighted by Gasteiger charge is 2.27. The minimum Gasteiger partial charge on any atom is -0.344 e. The second-order valence-electron chi connectivity index (χ2n) is 7.43. The number of nitrogens with zero attached hydrogens (tertiary/aromatic N) is 4. The molecule has 0 spiro atoms. The first-order valence-electron chi connectivity index (χ1n) is 10.1. The van der Waals surface area contributed by atoms with Gasteiger partial charge in [0.1, 0.15) is 5.69 Å². The summed E-state index contributed by atoms with van der Waals surface area (Å²) in [7, 11) is 0. The van der Waals surface area contributed by atoms with Gasteiger partial charge in [0.2, 0.25) is 0 Å². The van der Waals surface area contributed by atoms with Crippen molar-refractivity contribution in [1.29, 1.82) is 0 Å². The highest BCUT2D eigenvalue weighted by Crippen LogP contribution is 2.31. The number of carbonyl (C=O) groups excluding carboxylic acids is 1. The molecule has 1 aliphatic rings. The molecule has 6 heteroatoms. The topological polar surface area (TPSA) is 72.7 Å². The summed E-state index contributed by atoms with van der Waals surface area (Å²) in [6.07, 6.45) is 5.29. The van der Waals surface area contributed by atoms with Crippen LogP contribution in [0, 0.1) is 0 Å². The predicted molar refractivity (Wildman–Crippen MR) is 114 cm³/mol. The van der Waals surface area contributed by atoms with E-state index < -0.39 is 0 Å². The molecule has 2 heterocycles. The van der Waals surface area contributed by atoms with E-state index in [-0.39, 0.29) is 11.9 Å². The highest BCUT2D eigenvalue weighted by atomic mass is 16.2. The van der Waals surface area contributed by atoms with Crippen LogP contribution in [0.25, 0.3) is 11.3 Å². The number of fused-ring (bicyclic) bond motifs is 1. The molecule has 0 unspecified atom stereocenters. The Hall–Kier alpha value is -3.80. The maximum absolute atomic E-state index is 13.2. The van der Waals surface area contributed by atoms with E-state index in [9.17, 15) is 4.79 Å². The summed E-state index contributed by atoms with van der Waals surface area (Å²) in [6, 6.07) is 22.0. The molecule has 5 rings (SSSR count). The Labute approximate surface area is 174 Å². The average Bonchev–Trinajstić information content (AvgIpc) is 3.40. The summed E-state index contributed by atoms with van der Waals surface area (Å²) in [4.78, 5) is 17.3. The van der Waals surface area contributed by atoms with E-state index in [1.54, 1.807) is 17.1 Å². The van der Waals surface area contributed by atoms with Crippen molar-refractivity contribution in [3.63, 3.8) is 0 Å². The predicted octanol–water partition coefficient (Wildman–Crippen LogP) is 3.81. The number of nitrogens with one attached hydrogen (secondary N) is 1. The van der Waals surface area contributed by atoms with Gasteiger partial charge < -0.3 is 5.32 Å². The Balaban J connectivity index is 1.48. The summed E-state index contributed by atoms with van der Waals surface area (Å²) >= 11 is 0.